The van der Waals surface area contributed by atoms with E-state index in [0.717, 1.165) is 42.9 Å². The van der Waals surface area contributed by atoms with Crippen LogP contribution in [-0.2, 0) is 0 Å². The topological polar surface area (TPSA) is 50.7 Å². The number of ether oxygens (including phenoxy) is 2. The van der Waals surface area contributed by atoms with Crippen molar-refractivity contribution in [3.8, 4) is 11.5 Å². The average molecular weight is 251 g/mol. The number of hydrogen-bond donors (Lipinski definition) is 2. The summed E-state index contributed by atoms with van der Waals surface area (Å²) >= 11 is 0. The molecule has 1 saturated carbocycles. The van der Waals surface area contributed by atoms with Crippen molar-refractivity contribution in [3.05, 3.63) is 18.2 Å². The maximum Gasteiger partial charge on any atom is 0.142 e. The Kier molecular flexibility index (Phi) is 4.31. The van der Waals surface area contributed by atoms with E-state index in [1.54, 1.807) is 14.2 Å². The zero-order valence-electron chi connectivity index (χ0n) is 11.0. The molecule has 0 spiro atoms. The molecule has 0 heterocycles. The van der Waals surface area contributed by atoms with Gasteiger partial charge in [0.05, 0.1) is 26.0 Å². The Morgan fingerprint density at radius 1 is 1.11 bits per heavy atom. The molecule has 18 heavy (non-hydrogen) atoms. The Hall–Kier alpha value is -1.42. The van der Waals surface area contributed by atoms with Crippen LogP contribution in [0.15, 0.2) is 18.2 Å². The number of aliphatic hydroxyl groups is 1. The molecule has 100 valence electrons. The molecular formula is C14H21NO3. The molecule has 0 aliphatic heterocycles. The first-order valence-corrected chi connectivity index (χ1v) is 6.39. The Bertz CT molecular complexity index is 387. The minimum absolute atomic E-state index is 0.129. The average Bonchev–Trinajstić information content (AvgIpc) is 2.41. The van der Waals surface area contributed by atoms with E-state index < -0.39 is 0 Å². The first kappa shape index (κ1) is 13.0. The molecule has 1 fully saturated rings. The summed E-state index contributed by atoms with van der Waals surface area (Å²) in [5.74, 6) is 1.64. The molecule has 0 radical (unpaired) electrons. The number of benzene rings is 1. The summed E-state index contributed by atoms with van der Waals surface area (Å²) < 4.78 is 10.6. The molecule has 0 amide bonds. The highest BCUT2D eigenvalue weighted by molar-refractivity contribution is 5.60. The van der Waals surface area contributed by atoms with E-state index in [2.05, 4.69) is 5.32 Å². The van der Waals surface area contributed by atoms with Gasteiger partial charge in [0.1, 0.15) is 11.5 Å². The van der Waals surface area contributed by atoms with E-state index in [0.29, 0.717) is 6.04 Å². The summed E-state index contributed by atoms with van der Waals surface area (Å²) in [6.45, 7) is 0. The van der Waals surface area contributed by atoms with Crippen molar-refractivity contribution in [2.24, 2.45) is 0 Å². The van der Waals surface area contributed by atoms with Gasteiger partial charge in [0, 0.05) is 12.1 Å². The monoisotopic (exact) mass is 251 g/mol. The van der Waals surface area contributed by atoms with Crippen LogP contribution in [0.4, 0.5) is 5.69 Å². The van der Waals surface area contributed by atoms with Gasteiger partial charge in [-0.05, 0) is 37.8 Å². The van der Waals surface area contributed by atoms with Gasteiger partial charge >= 0.3 is 0 Å². The van der Waals surface area contributed by atoms with Crippen molar-refractivity contribution < 1.29 is 14.6 Å². The van der Waals surface area contributed by atoms with Gasteiger partial charge in [-0.15, -0.1) is 0 Å². The smallest absolute Gasteiger partial charge is 0.142 e. The Morgan fingerprint density at radius 3 is 2.44 bits per heavy atom. The third-order valence-electron chi connectivity index (χ3n) is 3.46. The van der Waals surface area contributed by atoms with Gasteiger partial charge in [0.25, 0.3) is 0 Å². The number of methoxy groups -OCH3 is 2. The fraction of sp³-hybridized carbons (Fsp3) is 0.571. The SMILES string of the molecule is COc1ccc(OC)c(NC2CCC(O)CC2)c1. The van der Waals surface area contributed by atoms with Crippen molar-refractivity contribution in [2.75, 3.05) is 19.5 Å². The number of nitrogens with one attached hydrogen (secondary N) is 1. The third kappa shape index (κ3) is 3.07. The van der Waals surface area contributed by atoms with Gasteiger partial charge in [-0.25, -0.2) is 0 Å². The Morgan fingerprint density at radius 2 is 1.83 bits per heavy atom. The molecule has 1 aromatic carbocycles. The lowest BCUT2D eigenvalue weighted by atomic mass is 9.93. The van der Waals surface area contributed by atoms with Crippen molar-refractivity contribution in [3.63, 3.8) is 0 Å². The molecule has 1 aromatic rings. The molecule has 2 N–H and O–H groups in total. The highest BCUT2D eigenvalue weighted by atomic mass is 16.5. The predicted octanol–water partition coefficient (Wildman–Crippen LogP) is 2.42. The lowest BCUT2D eigenvalue weighted by molar-refractivity contribution is 0.126. The van der Waals surface area contributed by atoms with E-state index in [-0.39, 0.29) is 6.10 Å². The molecule has 0 atom stereocenters. The van der Waals surface area contributed by atoms with Gasteiger partial charge in [-0.3, -0.25) is 0 Å². The number of hydrogen-bond acceptors (Lipinski definition) is 4. The highest BCUT2D eigenvalue weighted by Gasteiger charge is 2.20. The zero-order chi connectivity index (χ0) is 13.0. The summed E-state index contributed by atoms with van der Waals surface area (Å²) in [5, 5.41) is 13.0. The molecular weight excluding hydrogens is 230 g/mol. The van der Waals surface area contributed by atoms with E-state index in [1.807, 2.05) is 18.2 Å². The lowest BCUT2D eigenvalue weighted by Crippen LogP contribution is -2.28. The first-order valence-electron chi connectivity index (χ1n) is 6.39. The second kappa shape index (κ2) is 5.96. The fourth-order valence-electron chi connectivity index (χ4n) is 2.37. The first-order chi connectivity index (χ1) is 8.72. The molecule has 0 bridgehead atoms. The van der Waals surface area contributed by atoms with Gasteiger partial charge < -0.3 is 19.9 Å². The molecule has 4 nitrogen and oxygen atoms in total. The van der Waals surface area contributed by atoms with Crippen LogP contribution in [0.2, 0.25) is 0 Å². The predicted molar refractivity (Wildman–Crippen MR) is 71.4 cm³/mol. The van der Waals surface area contributed by atoms with Crippen LogP contribution in [0, 0.1) is 0 Å². The molecule has 0 aromatic heterocycles. The summed E-state index contributed by atoms with van der Waals surface area (Å²) in [6.07, 6.45) is 3.58. The van der Waals surface area contributed by atoms with Crippen LogP contribution in [-0.4, -0.2) is 31.5 Å². The van der Waals surface area contributed by atoms with Crippen LogP contribution >= 0.6 is 0 Å². The third-order valence-corrected chi connectivity index (χ3v) is 3.46. The second-order valence-electron chi connectivity index (χ2n) is 4.72. The maximum atomic E-state index is 9.50. The molecule has 4 heteroatoms. The quantitative estimate of drug-likeness (QED) is 0.863. The summed E-state index contributed by atoms with van der Waals surface area (Å²) in [7, 11) is 3.32. The normalized spacial score (nSPS) is 23.5. The molecule has 0 saturated heterocycles. The van der Waals surface area contributed by atoms with Gasteiger partial charge in [-0.2, -0.15) is 0 Å². The van der Waals surface area contributed by atoms with E-state index in [1.165, 1.54) is 0 Å². The van der Waals surface area contributed by atoms with E-state index >= 15 is 0 Å². The van der Waals surface area contributed by atoms with Crippen LogP contribution in [0.25, 0.3) is 0 Å². The van der Waals surface area contributed by atoms with Crippen molar-refractivity contribution in [1.82, 2.24) is 0 Å². The zero-order valence-corrected chi connectivity index (χ0v) is 11.0. The number of rotatable bonds is 4. The highest BCUT2D eigenvalue weighted by Crippen LogP contribution is 2.31. The molecule has 1 aliphatic rings. The van der Waals surface area contributed by atoms with Crippen molar-refractivity contribution >= 4 is 5.69 Å². The van der Waals surface area contributed by atoms with Crippen LogP contribution < -0.4 is 14.8 Å². The fourth-order valence-corrected chi connectivity index (χ4v) is 2.37. The minimum Gasteiger partial charge on any atom is -0.497 e. The summed E-state index contributed by atoms with van der Waals surface area (Å²) in [6, 6.07) is 6.13. The minimum atomic E-state index is -0.129. The number of anilines is 1. The van der Waals surface area contributed by atoms with Crippen molar-refractivity contribution in [2.45, 2.75) is 37.8 Å². The van der Waals surface area contributed by atoms with Crippen LogP contribution in [0.1, 0.15) is 25.7 Å². The Labute approximate surface area is 108 Å². The molecule has 2 rings (SSSR count). The van der Waals surface area contributed by atoms with Crippen LogP contribution in [0.5, 0.6) is 11.5 Å². The molecule has 1 aliphatic carbocycles. The maximum absolute atomic E-state index is 9.50. The number of aliphatic hydroxyl groups excluding tert-OH is 1. The van der Waals surface area contributed by atoms with Gasteiger partial charge in [-0.1, -0.05) is 0 Å². The van der Waals surface area contributed by atoms with Crippen molar-refractivity contribution in [1.29, 1.82) is 0 Å². The van der Waals surface area contributed by atoms with Gasteiger partial charge in [0.15, 0.2) is 0 Å². The summed E-state index contributed by atoms with van der Waals surface area (Å²) in [5.41, 5.74) is 0.957. The molecule has 0 unspecified atom stereocenters. The van der Waals surface area contributed by atoms with Gasteiger partial charge in [0.2, 0.25) is 0 Å². The van der Waals surface area contributed by atoms with E-state index in [9.17, 15) is 5.11 Å². The second-order valence-corrected chi connectivity index (χ2v) is 4.72. The lowest BCUT2D eigenvalue weighted by Gasteiger charge is -2.27. The standard InChI is InChI=1S/C14H21NO3/c1-17-12-7-8-14(18-2)13(9-12)15-10-3-5-11(16)6-4-10/h7-11,15-16H,3-6H2,1-2H3. The van der Waals surface area contributed by atoms with Crippen LogP contribution in [0.3, 0.4) is 0 Å². The summed E-state index contributed by atoms with van der Waals surface area (Å²) in [4.78, 5) is 0. The largest absolute Gasteiger partial charge is 0.497 e. The van der Waals surface area contributed by atoms with E-state index in [4.69, 9.17) is 9.47 Å². The Balaban J connectivity index is 2.07.